The van der Waals surface area contributed by atoms with Gasteiger partial charge in [-0.3, -0.25) is 0 Å². The predicted molar refractivity (Wildman–Crippen MR) is 112 cm³/mol. The molecule has 0 unspecified atom stereocenters. The van der Waals surface area contributed by atoms with Gasteiger partial charge in [0.25, 0.3) is 0 Å². The van der Waals surface area contributed by atoms with Crippen LogP contribution in [0.25, 0.3) is 10.9 Å². The number of aryl methyl sites for hydroxylation is 1. The van der Waals surface area contributed by atoms with Crippen LogP contribution in [0.15, 0.2) is 24.4 Å². The minimum absolute atomic E-state index is 0.292. The van der Waals surface area contributed by atoms with Gasteiger partial charge in [-0.05, 0) is 32.8 Å². The lowest BCUT2D eigenvalue weighted by Crippen LogP contribution is -2.41. The Hall–Kier alpha value is -1.68. The normalized spacial score (nSPS) is 15.1. The maximum atomic E-state index is 6.28. The van der Waals surface area contributed by atoms with Gasteiger partial charge in [0.1, 0.15) is 23.2 Å². The van der Waals surface area contributed by atoms with Crippen LogP contribution >= 0.6 is 0 Å². The summed E-state index contributed by atoms with van der Waals surface area (Å²) in [4.78, 5) is 11.5. The SMILES string of the molecule is CC.CC.CCc1ncc2cccc(OC3CCN(C(C)C)CC3)c2n1. The van der Waals surface area contributed by atoms with E-state index in [1.807, 2.05) is 52.1 Å². The standard InChI is InChI=1S/C18H25N3O.2C2H6/c1-4-17-19-12-14-6-5-7-16(18(14)20-17)22-15-8-10-21(11-9-15)13(2)3;2*1-2/h5-7,12-13,15H,4,8-11H2,1-3H3;2*1-2H3. The van der Waals surface area contributed by atoms with Gasteiger partial charge in [0.15, 0.2) is 0 Å². The van der Waals surface area contributed by atoms with Gasteiger partial charge in [-0.15, -0.1) is 0 Å². The first kappa shape index (κ1) is 22.4. The van der Waals surface area contributed by atoms with Crippen molar-refractivity contribution in [3.63, 3.8) is 0 Å². The molecule has 0 N–H and O–H groups in total. The molecule has 0 amide bonds. The zero-order chi connectivity index (χ0) is 19.5. The fourth-order valence-electron chi connectivity index (χ4n) is 3.02. The summed E-state index contributed by atoms with van der Waals surface area (Å²) >= 11 is 0. The number of hydrogen-bond donors (Lipinski definition) is 0. The molecular weight excluding hydrogens is 322 g/mol. The van der Waals surface area contributed by atoms with Crippen molar-refractivity contribution in [3.8, 4) is 5.75 Å². The number of nitrogens with zero attached hydrogens (tertiary/aromatic N) is 3. The molecule has 0 radical (unpaired) electrons. The quantitative estimate of drug-likeness (QED) is 0.723. The molecule has 1 saturated heterocycles. The second-order valence-electron chi connectivity index (χ2n) is 6.28. The van der Waals surface area contributed by atoms with E-state index in [9.17, 15) is 0 Å². The third-order valence-corrected chi connectivity index (χ3v) is 4.44. The van der Waals surface area contributed by atoms with Crippen LogP contribution < -0.4 is 4.74 Å². The van der Waals surface area contributed by atoms with Crippen molar-refractivity contribution in [2.45, 2.75) is 79.9 Å². The molecule has 1 aromatic heterocycles. The molecule has 0 bridgehead atoms. The topological polar surface area (TPSA) is 38.2 Å². The molecule has 0 atom stereocenters. The minimum atomic E-state index is 0.292. The molecule has 0 spiro atoms. The van der Waals surface area contributed by atoms with Gasteiger partial charge in [0, 0.05) is 37.1 Å². The second kappa shape index (κ2) is 11.8. The highest BCUT2D eigenvalue weighted by atomic mass is 16.5. The maximum absolute atomic E-state index is 6.28. The van der Waals surface area contributed by atoms with E-state index < -0.39 is 0 Å². The number of likely N-dealkylation sites (tertiary alicyclic amines) is 1. The fourth-order valence-corrected chi connectivity index (χ4v) is 3.02. The summed E-state index contributed by atoms with van der Waals surface area (Å²) in [7, 11) is 0. The zero-order valence-electron chi connectivity index (χ0n) is 17.7. The Bertz CT molecular complexity index is 634. The first-order valence-corrected chi connectivity index (χ1v) is 10.3. The first-order chi connectivity index (χ1) is 12.7. The molecule has 1 fully saturated rings. The fraction of sp³-hybridized carbons (Fsp3) is 0.636. The minimum Gasteiger partial charge on any atom is -0.488 e. The number of rotatable bonds is 4. The Morgan fingerprint density at radius 3 is 2.35 bits per heavy atom. The average Bonchev–Trinajstić information content (AvgIpc) is 2.71. The molecule has 1 aliphatic rings. The van der Waals surface area contributed by atoms with Gasteiger partial charge in [-0.25, -0.2) is 9.97 Å². The molecule has 1 aromatic carbocycles. The average molecular weight is 360 g/mol. The Labute approximate surface area is 160 Å². The van der Waals surface area contributed by atoms with Gasteiger partial charge in [-0.2, -0.15) is 0 Å². The lowest BCUT2D eigenvalue weighted by Gasteiger charge is -2.34. The van der Waals surface area contributed by atoms with Crippen LogP contribution in [-0.4, -0.2) is 40.1 Å². The predicted octanol–water partition coefficient (Wildman–Crippen LogP) is 5.50. The van der Waals surface area contributed by atoms with Crippen molar-refractivity contribution < 1.29 is 4.74 Å². The Morgan fingerprint density at radius 2 is 1.77 bits per heavy atom. The van der Waals surface area contributed by atoms with E-state index in [4.69, 9.17) is 4.74 Å². The van der Waals surface area contributed by atoms with Crippen molar-refractivity contribution >= 4 is 10.9 Å². The highest BCUT2D eigenvalue weighted by molar-refractivity contribution is 5.83. The summed E-state index contributed by atoms with van der Waals surface area (Å²) in [6.07, 6.45) is 5.20. The summed E-state index contributed by atoms with van der Waals surface area (Å²) in [6, 6.07) is 6.72. The van der Waals surface area contributed by atoms with Crippen LogP contribution in [0.4, 0.5) is 0 Å². The van der Waals surface area contributed by atoms with Gasteiger partial charge in [-0.1, -0.05) is 46.8 Å². The van der Waals surface area contributed by atoms with E-state index in [2.05, 4.69) is 35.6 Å². The first-order valence-electron chi connectivity index (χ1n) is 10.3. The lowest BCUT2D eigenvalue weighted by atomic mass is 10.1. The number of hydrogen-bond acceptors (Lipinski definition) is 4. The number of piperidine rings is 1. The van der Waals surface area contributed by atoms with Gasteiger partial charge in [0.2, 0.25) is 0 Å². The Kier molecular flexibility index (Phi) is 10.2. The third kappa shape index (κ3) is 5.94. The van der Waals surface area contributed by atoms with Crippen LogP contribution in [0, 0.1) is 0 Å². The summed E-state index contributed by atoms with van der Waals surface area (Å²) in [5, 5.41) is 1.05. The second-order valence-corrected chi connectivity index (χ2v) is 6.28. The highest BCUT2D eigenvalue weighted by Crippen LogP contribution is 2.27. The van der Waals surface area contributed by atoms with Crippen LogP contribution in [0.1, 0.15) is 67.1 Å². The van der Waals surface area contributed by atoms with Crippen LogP contribution in [0.5, 0.6) is 5.75 Å². The number of para-hydroxylation sites is 1. The lowest BCUT2D eigenvalue weighted by molar-refractivity contribution is 0.0852. The van der Waals surface area contributed by atoms with Crippen molar-refractivity contribution in [1.29, 1.82) is 0 Å². The summed E-state index contributed by atoms with van der Waals surface area (Å²) in [6.45, 7) is 16.8. The summed E-state index contributed by atoms with van der Waals surface area (Å²) in [5.74, 6) is 1.77. The Morgan fingerprint density at radius 1 is 1.12 bits per heavy atom. The zero-order valence-corrected chi connectivity index (χ0v) is 17.7. The number of ether oxygens (including phenoxy) is 1. The van der Waals surface area contributed by atoms with Crippen LogP contribution in [0.2, 0.25) is 0 Å². The monoisotopic (exact) mass is 359 g/mol. The van der Waals surface area contributed by atoms with E-state index in [-0.39, 0.29) is 0 Å². The van der Waals surface area contributed by atoms with E-state index in [1.54, 1.807) is 0 Å². The van der Waals surface area contributed by atoms with E-state index in [0.29, 0.717) is 12.1 Å². The molecule has 0 saturated carbocycles. The number of benzene rings is 1. The molecule has 2 heterocycles. The van der Waals surface area contributed by atoms with Crippen molar-refractivity contribution in [2.75, 3.05) is 13.1 Å². The molecule has 3 rings (SSSR count). The largest absolute Gasteiger partial charge is 0.488 e. The Balaban J connectivity index is 0.000000791. The maximum Gasteiger partial charge on any atom is 0.146 e. The molecule has 4 heteroatoms. The smallest absolute Gasteiger partial charge is 0.146 e. The molecular formula is C22H37N3O. The van der Waals surface area contributed by atoms with Gasteiger partial charge < -0.3 is 9.64 Å². The molecule has 1 aliphatic heterocycles. The van der Waals surface area contributed by atoms with Gasteiger partial charge >= 0.3 is 0 Å². The summed E-state index contributed by atoms with van der Waals surface area (Å²) < 4.78 is 6.28. The molecule has 0 aliphatic carbocycles. The molecule has 26 heavy (non-hydrogen) atoms. The summed E-state index contributed by atoms with van der Waals surface area (Å²) in [5.41, 5.74) is 0.945. The van der Waals surface area contributed by atoms with Crippen molar-refractivity contribution in [1.82, 2.24) is 14.9 Å². The number of aromatic nitrogens is 2. The van der Waals surface area contributed by atoms with Crippen LogP contribution in [0.3, 0.4) is 0 Å². The third-order valence-electron chi connectivity index (χ3n) is 4.44. The molecule has 2 aromatic rings. The number of fused-ring (bicyclic) bond motifs is 1. The van der Waals surface area contributed by atoms with E-state index in [1.165, 1.54) is 0 Å². The van der Waals surface area contributed by atoms with E-state index in [0.717, 1.165) is 54.8 Å². The van der Waals surface area contributed by atoms with E-state index >= 15 is 0 Å². The van der Waals surface area contributed by atoms with Crippen molar-refractivity contribution in [3.05, 3.63) is 30.2 Å². The molecule has 4 nitrogen and oxygen atoms in total. The molecule has 146 valence electrons. The highest BCUT2D eigenvalue weighted by Gasteiger charge is 2.22. The van der Waals surface area contributed by atoms with Gasteiger partial charge in [0.05, 0.1) is 0 Å². The van der Waals surface area contributed by atoms with Crippen LogP contribution in [-0.2, 0) is 6.42 Å². The van der Waals surface area contributed by atoms with Crippen molar-refractivity contribution in [2.24, 2.45) is 0 Å².